The first-order valence-electron chi connectivity index (χ1n) is 10.3. The molecule has 0 aromatic carbocycles. The first-order valence-corrected chi connectivity index (χ1v) is 11.1. The molecule has 1 saturated carbocycles. The van der Waals surface area contributed by atoms with E-state index in [1.54, 1.807) is 0 Å². The predicted molar refractivity (Wildman–Crippen MR) is 107 cm³/mol. The first kappa shape index (κ1) is 20.0. The SMILES string of the molecule is CCN(CC)C(=O)N1CCC(C(=O)Nc2nnc(C3CCCCC3)s2)CC1. The van der Waals surface area contributed by atoms with Gasteiger partial charge in [0.05, 0.1) is 0 Å². The van der Waals surface area contributed by atoms with Gasteiger partial charge in [0.2, 0.25) is 11.0 Å². The van der Waals surface area contributed by atoms with E-state index in [1.807, 2.05) is 23.6 Å². The van der Waals surface area contributed by atoms with Gasteiger partial charge in [-0.05, 0) is 39.5 Å². The summed E-state index contributed by atoms with van der Waals surface area (Å²) in [5, 5.41) is 13.1. The third-order valence-electron chi connectivity index (χ3n) is 5.80. The molecule has 3 rings (SSSR count). The second-order valence-electron chi connectivity index (χ2n) is 7.49. The highest BCUT2D eigenvalue weighted by Gasteiger charge is 2.29. The van der Waals surface area contributed by atoms with E-state index in [0.29, 0.717) is 37.0 Å². The molecule has 0 unspecified atom stereocenters. The fourth-order valence-electron chi connectivity index (χ4n) is 4.03. The largest absolute Gasteiger partial charge is 0.325 e. The fraction of sp³-hybridized carbons (Fsp3) is 0.789. The molecule has 7 nitrogen and oxygen atoms in total. The number of amides is 3. The van der Waals surface area contributed by atoms with Gasteiger partial charge in [0.1, 0.15) is 5.01 Å². The minimum atomic E-state index is -0.0622. The second-order valence-corrected chi connectivity index (χ2v) is 8.49. The van der Waals surface area contributed by atoms with Crippen LogP contribution in [0.15, 0.2) is 0 Å². The van der Waals surface area contributed by atoms with Gasteiger partial charge in [-0.1, -0.05) is 30.6 Å². The maximum atomic E-state index is 12.6. The molecule has 1 N–H and O–H groups in total. The maximum absolute atomic E-state index is 12.6. The number of anilines is 1. The Morgan fingerprint density at radius 2 is 1.74 bits per heavy atom. The third-order valence-corrected chi connectivity index (χ3v) is 6.80. The molecule has 2 fully saturated rings. The zero-order valence-corrected chi connectivity index (χ0v) is 17.3. The van der Waals surface area contributed by atoms with E-state index in [4.69, 9.17) is 0 Å². The van der Waals surface area contributed by atoms with Crippen molar-refractivity contribution in [1.29, 1.82) is 0 Å². The Hall–Kier alpha value is -1.70. The first-order chi connectivity index (χ1) is 13.1. The molecule has 2 aliphatic rings. The Morgan fingerprint density at radius 1 is 1.07 bits per heavy atom. The van der Waals surface area contributed by atoms with Crippen molar-refractivity contribution in [2.45, 2.75) is 64.7 Å². The van der Waals surface area contributed by atoms with Crippen LogP contribution in [0.5, 0.6) is 0 Å². The van der Waals surface area contributed by atoms with E-state index in [9.17, 15) is 9.59 Å². The summed E-state index contributed by atoms with van der Waals surface area (Å²) in [6.07, 6.45) is 7.60. The topological polar surface area (TPSA) is 78.4 Å². The van der Waals surface area contributed by atoms with Crippen molar-refractivity contribution in [2.75, 3.05) is 31.5 Å². The van der Waals surface area contributed by atoms with Crippen molar-refractivity contribution < 1.29 is 9.59 Å². The smallest absolute Gasteiger partial charge is 0.319 e. The summed E-state index contributed by atoms with van der Waals surface area (Å²) in [5.41, 5.74) is 0. The van der Waals surface area contributed by atoms with Crippen molar-refractivity contribution in [1.82, 2.24) is 20.0 Å². The van der Waals surface area contributed by atoms with Crippen LogP contribution in [0.2, 0.25) is 0 Å². The van der Waals surface area contributed by atoms with Crippen LogP contribution in [0.3, 0.4) is 0 Å². The molecule has 0 radical (unpaired) electrons. The molecule has 1 aliphatic carbocycles. The lowest BCUT2D eigenvalue weighted by molar-refractivity contribution is -0.121. The summed E-state index contributed by atoms with van der Waals surface area (Å²) in [6, 6.07) is 0.0834. The van der Waals surface area contributed by atoms with E-state index >= 15 is 0 Å². The highest BCUT2D eigenvalue weighted by Crippen LogP contribution is 2.35. The third kappa shape index (κ3) is 4.97. The molecule has 2 heterocycles. The molecule has 0 atom stereocenters. The summed E-state index contributed by atoms with van der Waals surface area (Å²) >= 11 is 1.52. The Kier molecular flexibility index (Phi) is 7.04. The molecular weight excluding hydrogens is 362 g/mol. The standard InChI is InChI=1S/C19H31N5O2S/c1-3-23(4-2)19(26)24-12-10-14(11-13-24)16(25)20-18-22-21-17(27-18)15-8-6-5-7-9-15/h14-15H,3-13H2,1-2H3,(H,20,22,25). The molecule has 1 aromatic rings. The zero-order valence-electron chi connectivity index (χ0n) is 16.4. The van der Waals surface area contributed by atoms with E-state index < -0.39 is 0 Å². The van der Waals surface area contributed by atoms with Crippen LogP contribution in [0.4, 0.5) is 9.93 Å². The van der Waals surface area contributed by atoms with Gasteiger partial charge in [0, 0.05) is 38.0 Å². The number of hydrogen-bond donors (Lipinski definition) is 1. The number of urea groups is 1. The lowest BCUT2D eigenvalue weighted by Gasteiger charge is -2.34. The molecule has 1 aliphatic heterocycles. The van der Waals surface area contributed by atoms with E-state index in [2.05, 4.69) is 15.5 Å². The van der Waals surface area contributed by atoms with Crippen molar-refractivity contribution in [3.05, 3.63) is 5.01 Å². The van der Waals surface area contributed by atoms with Gasteiger partial charge in [-0.3, -0.25) is 4.79 Å². The molecule has 27 heavy (non-hydrogen) atoms. The van der Waals surface area contributed by atoms with Crippen LogP contribution < -0.4 is 5.32 Å². The molecule has 1 saturated heterocycles. The van der Waals surface area contributed by atoms with Gasteiger partial charge >= 0.3 is 6.03 Å². The molecule has 0 bridgehead atoms. The van der Waals surface area contributed by atoms with Crippen LogP contribution in [-0.2, 0) is 4.79 Å². The molecule has 0 spiro atoms. The van der Waals surface area contributed by atoms with Gasteiger partial charge < -0.3 is 15.1 Å². The van der Waals surface area contributed by atoms with Gasteiger partial charge in [-0.15, -0.1) is 10.2 Å². The second kappa shape index (κ2) is 9.48. The average Bonchev–Trinajstić information content (AvgIpc) is 3.18. The van der Waals surface area contributed by atoms with E-state index in [0.717, 1.165) is 18.1 Å². The lowest BCUT2D eigenvalue weighted by atomic mass is 9.90. The highest BCUT2D eigenvalue weighted by atomic mass is 32.1. The molecule has 3 amide bonds. The Morgan fingerprint density at radius 3 is 2.37 bits per heavy atom. The Labute approximate surface area is 165 Å². The number of carbonyl (C=O) groups excluding carboxylic acids is 2. The summed E-state index contributed by atoms with van der Waals surface area (Å²) in [6.45, 7) is 6.69. The number of nitrogens with zero attached hydrogens (tertiary/aromatic N) is 4. The number of nitrogens with one attached hydrogen (secondary N) is 1. The zero-order chi connectivity index (χ0) is 19.2. The van der Waals surface area contributed by atoms with E-state index in [-0.39, 0.29) is 17.9 Å². The average molecular weight is 394 g/mol. The quantitative estimate of drug-likeness (QED) is 0.827. The summed E-state index contributed by atoms with van der Waals surface area (Å²) in [7, 11) is 0. The Bertz CT molecular complexity index is 632. The van der Waals surface area contributed by atoms with E-state index in [1.165, 1.54) is 43.4 Å². The number of hydrogen-bond acceptors (Lipinski definition) is 5. The van der Waals surface area contributed by atoms with Gasteiger partial charge in [0.25, 0.3) is 0 Å². The van der Waals surface area contributed by atoms with Crippen LogP contribution in [0.1, 0.15) is 69.7 Å². The van der Waals surface area contributed by atoms with Gasteiger partial charge in [0.15, 0.2) is 0 Å². The van der Waals surface area contributed by atoms with Crippen molar-refractivity contribution in [2.24, 2.45) is 5.92 Å². The summed E-state index contributed by atoms with van der Waals surface area (Å²) in [5.74, 6) is 0.459. The van der Waals surface area contributed by atoms with Crippen LogP contribution in [0.25, 0.3) is 0 Å². The number of likely N-dealkylation sites (tertiary alicyclic amines) is 1. The summed E-state index contributed by atoms with van der Waals surface area (Å²) in [4.78, 5) is 28.7. The Balaban J connectivity index is 1.48. The van der Waals surface area contributed by atoms with Crippen LogP contribution in [0, 0.1) is 5.92 Å². The van der Waals surface area contributed by atoms with Crippen molar-refractivity contribution >= 4 is 28.4 Å². The number of aromatic nitrogens is 2. The highest BCUT2D eigenvalue weighted by molar-refractivity contribution is 7.15. The number of carbonyl (C=O) groups is 2. The van der Waals surface area contributed by atoms with Crippen molar-refractivity contribution in [3.63, 3.8) is 0 Å². The predicted octanol–water partition coefficient (Wildman–Crippen LogP) is 3.70. The van der Waals surface area contributed by atoms with Gasteiger partial charge in [-0.25, -0.2) is 4.79 Å². The normalized spacial score (nSPS) is 19.1. The molecular formula is C19H31N5O2S. The molecule has 8 heteroatoms. The molecule has 1 aromatic heterocycles. The summed E-state index contributed by atoms with van der Waals surface area (Å²) < 4.78 is 0. The minimum absolute atomic E-state index is 0.0104. The van der Waals surface area contributed by atoms with Crippen LogP contribution in [-0.4, -0.2) is 58.1 Å². The minimum Gasteiger partial charge on any atom is -0.325 e. The molecule has 150 valence electrons. The van der Waals surface area contributed by atoms with Crippen molar-refractivity contribution in [3.8, 4) is 0 Å². The van der Waals surface area contributed by atoms with Gasteiger partial charge in [-0.2, -0.15) is 0 Å². The van der Waals surface area contributed by atoms with Crippen LogP contribution >= 0.6 is 11.3 Å². The monoisotopic (exact) mass is 393 g/mol. The number of rotatable bonds is 5. The number of piperidine rings is 1. The maximum Gasteiger partial charge on any atom is 0.319 e. The lowest BCUT2D eigenvalue weighted by Crippen LogP contribution is -2.47. The fourth-order valence-corrected chi connectivity index (χ4v) is 4.95.